The number of halogens is 5. The third kappa shape index (κ3) is 3.09. The number of alkyl halides is 5. The summed E-state index contributed by atoms with van der Waals surface area (Å²) in [6.45, 7) is -3.50. The summed E-state index contributed by atoms with van der Waals surface area (Å²) in [4.78, 5) is 35.6. The Morgan fingerprint density at radius 3 is 2.33 bits per heavy atom. The molecule has 27 heavy (non-hydrogen) atoms. The summed E-state index contributed by atoms with van der Waals surface area (Å²) in [5.74, 6) is -3.52. The predicted molar refractivity (Wildman–Crippen MR) is 79.9 cm³/mol. The Kier molecular flexibility index (Phi) is 4.13. The monoisotopic (exact) mass is 389 g/mol. The highest BCUT2D eigenvalue weighted by molar-refractivity contribution is 6.23. The van der Waals surface area contributed by atoms with E-state index < -0.39 is 53.0 Å². The van der Waals surface area contributed by atoms with Crippen LogP contribution >= 0.6 is 0 Å². The van der Waals surface area contributed by atoms with Crippen molar-refractivity contribution in [2.24, 2.45) is 0 Å². The van der Waals surface area contributed by atoms with Crippen LogP contribution in [-0.4, -0.2) is 23.0 Å². The number of benzene rings is 1. The number of ether oxygens (including phenoxy) is 1. The number of nitrogens with zero attached hydrogens (tertiary/aromatic N) is 1. The summed E-state index contributed by atoms with van der Waals surface area (Å²) < 4.78 is 68.6. The Morgan fingerprint density at radius 1 is 1.07 bits per heavy atom. The molecule has 0 saturated carbocycles. The van der Waals surface area contributed by atoms with Gasteiger partial charge in [-0.25, -0.2) is 0 Å². The van der Waals surface area contributed by atoms with Crippen LogP contribution in [0.25, 0.3) is 5.69 Å². The number of hydrogen-bond acceptors (Lipinski definition) is 5. The molecule has 3 N–H and O–H groups in total. The quantitative estimate of drug-likeness (QED) is 0.617. The van der Waals surface area contributed by atoms with E-state index in [0.717, 1.165) is 12.1 Å². The summed E-state index contributed by atoms with van der Waals surface area (Å²) in [6.07, 6.45) is -5.08. The van der Waals surface area contributed by atoms with Gasteiger partial charge in [0.15, 0.2) is 0 Å². The second-order valence-electron chi connectivity index (χ2n) is 5.33. The summed E-state index contributed by atoms with van der Waals surface area (Å²) in [5.41, 5.74) is 2.00. The van der Waals surface area contributed by atoms with Crippen molar-refractivity contribution in [3.63, 3.8) is 0 Å². The lowest BCUT2D eigenvalue weighted by molar-refractivity contribution is -0.141. The Labute approximate surface area is 146 Å². The molecule has 0 bridgehead atoms. The first-order valence-electron chi connectivity index (χ1n) is 7.08. The molecule has 0 radical (unpaired) electrons. The van der Waals surface area contributed by atoms with Crippen LogP contribution in [0.2, 0.25) is 0 Å². The molecule has 0 fully saturated rings. The summed E-state index contributed by atoms with van der Waals surface area (Å²) in [5, 5.41) is 1.90. The number of pyridine rings is 1. The fourth-order valence-corrected chi connectivity index (χ4v) is 2.62. The minimum atomic E-state index is -5.08. The highest BCUT2D eigenvalue weighted by atomic mass is 19.4. The minimum absolute atomic E-state index is 0.313. The minimum Gasteiger partial charge on any atom is -0.434 e. The van der Waals surface area contributed by atoms with Crippen molar-refractivity contribution in [2.75, 3.05) is 5.73 Å². The smallest absolute Gasteiger partial charge is 0.420 e. The number of carbonyl (C=O) groups is 2. The molecule has 2 aromatic rings. The number of fused-ring (bicyclic) bond motifs is 1. The van der Waals surface area contributed by atoms with Crippen LogP contribution in [-0.2, 0) is 6.18 Å². The first-order valence-corrected chi connectivity index (χ1v) is 7.08. The Bertz CT molecular complexity index is 1030. The molecule has 2 heterocycles. The van der Waals surface area contributed by atoms with Crippen molar-refractivity contribution in [3.8, 4) is 11.4 Å². The van der Waals surface area contributed by atoms with Crippen LogP contribution in [0.15, 0.2) is 29.1 Å². The van der Waals surface area contributed by atoms with Crippen molar-refractivity contribution >= 4 is 17.6 Å². The largest absolute Gasteiger partial charge is 0.434 e. The van der Waals surface area contributed by atoms with E-state index in [1.165, 1.54) is 0 Å². The number of carbonyl (C=O) groups excluding carboxylic acids is 2. The van der Waals surface area contributed by atoms with Gasteiger partial charge in [0.05, 0.1) is 22.4 Å². The average Bonchev–Trinajstić information content (AvgIpc) is 2.81. The van der Waals surface area contributed by atoms with Crippen molar-refractivity contribution < 1.29 is 36.3 Å². The number of rotatable bonds is 3. The molecule has 1 aliphatic heterocycles. The van der Waals surface area contributed by atoms with E-state index in [1.54, 1.807) is 0 Å². The Hall–Kier alpha value is -3.44. The normalized spacial score (nSPS) is 13.7. The third-order valence-corrected chi connectivity index (χ3v) is 3.70. The van der Waals surface area contributed by atoms with Crippen molar-refractivity contribution in [1.29, 1.82) is 0 Å². The summed E-state index contributed by atoms with van der Waals surface area (Å²) in [6, 6.07) is 2.58. The van der Waals surface area contributed by atoms with Gasteiger partial charge in [-0.15, -0.1) is 0 Å². The van der Waals surface area contributed by atoms with Gasteiger partial charge in [0.1, 0.15) is 11.6 Å². The molecular weight excluding hydrogens is 381 g/mol. The van der Waals surface area contributed by atoms with Crippen LogP contribution in [0.1, 0.15) is 26.3 Å². The van der Waals surface area contributed by atoms with E-state index in [-0.39, 0.29) is 11.1 Å². The van der Waals surface area contributed by atoms with E-state index >= 15 is 0 Å². The molecule has 3 rings (SSSR count). The van der Waals surface area contributed by atoms with Gasteiger partial charge in [0.25, 0.3) is 17.4 Å². The molecule has 12 heteroatoms. The highest BCUT2D eigenvalue weighted by Gasteiger charge is 2.36. The van der Waals surface area contributed by atoms with Crippen molar-refractivity contribution in [1.82, 2.24) is 9.88 Å². The van der Waals surface area contributed by atoms with Gasteiger partial charge >= 0.3 is 12.8 Å². The first kappa shape index (κ1) is 18.4. The first-order chi connectivity index (χ1) is 12.5. The summed E-state index contributed by atoms with van der Waals surface area (Å²) in [7, 11) is 0. The van der Waals surface area contributed by atoms with E-state index in [1.807, 2.05) is 5.32 Å². The van der Waals surface area contributed by atoms with Gasteiger partial charge in [-0.3, -0.25) is 24.3 Å². The standard InChI is InChI=1S/C15H8F5N3O4/c16-14(17)27-8-2-1-5(3-7(8)15(18,19)20)23-9(24)4-6-10(11(23)21)13(26)22-12(6)25/h1-4,14H,21H2,(H,22,25,26). The zero-order chi connectivity index (χ0) is 20.1. The average molecular weight is 389 g/mol. The highest BCUT2D eigenvalue weighted by Crippen LogP contribution is 2.38. The fraction of sp³-hybridized carbons (Fsp3) is 0.133. The molecule has 1 aliphatic rings. The SMILES string of the molecule is Nc1c2c(cc(=O)n1-c1ccc(OC(F)F)c(C(F)(F)F)c1)C(=O)NC2=O. The van der Waals surface area contributed by atoms with Gasteiger partial charge in [-0.05, 0) is 18.2 Å². The second-order valence-corrected chi connectivity index (χ2v) is 5.33. The van der Waals surface area contributed by atoms with Crippen molar-refractivity contribution in [2.45, 2.75) is 12.8 Å². The number of nitrogen functional groups attached to an aromatic ring is 1. The number of aromatic nitrogens is 1. The van der Waals surface area contributed by atoms with Crippen LogP contribution in [0.3, 0.4) is 0 Å². The maximum absolute atomic E-state index is 13.2. The van der Waals surface area contributed by atoms with Gasteiger partial charge in [0.2, 0.25) is 0 Å². The lowest BCUT2D eigenvalue weighted by Gasteiger charge is -2.17. The number of imide groups is 1. The van der Waals surface area contributed by atoms with Crippen molar-refractivity contribution in [3.05, 3.63) is 51.3 Å². The molecule has 142 valence electrons. The van der Waals surface area contributed by atoms with Crippen LogP contribution in [0, 0.1) is 0 Å². The number of amides is 2. The van der Waals surface area contributed by atoms with E-state index in [4.69, 9.17) is 5.73 Å². The lowest BCUT2D eigenvalue weighted by atomic mass is 10.1. The topological polar surface area (TPSA) is 103 Å². The molecule has 1 aromatic carbocycles. The summed E-state index contributed by atoms with van der Waals surface area (Å²) >= 11 is 0. The molecule has 1 aromatic heterocycles. The molecule has 0 unspecified atom stereocenters. The second kappa shape index (κ2) is 6.07. The molecule has 0 atom stereocenters. The molecule has 0 spiro atoms. The number of anilines is 1. The molecule has 2 amide bonds. The Balaban J connectivity index is 2.24. The van der Waals surface area contributed by atoms with Gasteiger partial charge < -0.3 is 10.5 Å². The number of nitrogens with one attached hydrogen (secondary N) is 1. The van der Waals surface area contributed by atoms with E-state index in [0.29, 0.717) is 16.7 Å². The fourth-order valence-electron chi connectivity index (χ4n) is 2.62. The lowest BCUT2D eigenvalue weighted by Crippen LogP contribution is -2.24. The van der Waals surface area contributed by atoms with Gasteiger partial charge in [-0.1, -0.05) is 0 Å². The van der Waals surface area contributed by atoms with Crippen LogP contribution in [0.5, 0.6) is 5.75 Å². The van der Waals surface area contributed by atoms with Crippen LogP contribution in [0.4, 0.5) is 27.8 Å². The molecule has 0 aliphatic carbocycles. The van der Waals surface area contributed by atoms with E-state index in [2.05, 4.69) is 4.74 Å². The zero-order valence-corrected chi connectivity index (χ0v) is 12.9. The van der Waals surface area contributed by atoms with E-state index in [9.17, 15) is 36.3 Å². The predicted octanol–water partition coefficient (Wildman–Crippen LogP) is 1.92. The molecule has 7 nitrogen and oxygen atoms in total. The third-order valence-electron chi connectivity index (χ3n) is 3.70. The van der Waals surface area contributed by atoms with Gasteiger partial charge in [0, 0.05) is 6.07 Å². The molecule has 0 saturated heterocycles. The Morgan fingerprint density at radius 2 is 1.74 bits per heavy atom. The number of hydrogen-bond donors (Lipinski definition) is 2. The maximum Gasteiger partial charge on any atom is 0.420 e. The van der Waals surface area contributed by atoms with Crippen LogP contribution < -0.4 is 21.3 Å². The zero-order valence-electron chi connectivity index (χ0n) is 12.9. The van der Waals surface area contributed by atoms with Gasteiger partial charge in [-0.2, -0.15) is 22.0 Å². The number of nitrogens with two attached hydrogens (primary N) is 1. The maximum atomic E-state index is 13.2. The molecular formula is C15H8F5N3O4.